The molecule has 1 aromatic carbocycles. The number of halogens is 2. The van der Waals surface area contributed by atoms with Gasteiger partial charge in [0.05, 0.1) is 18.8 Å². The van der Waals surface area contributed by atoms with Gasteiger partial charge in [0.2, 0.25) is 0 Å². The van der Waals surface area contributed by atoms with Gasteiger partial charge in [0.15, 0.2) is 12.8 Å². The van der Waals surface area contributed by atoms with Crippen LogP contribution in [0.25, 0.3) is 0 Å². The van der Waals surface area contributed by atoms with Gasteiger partial charge in [0, 0.05) is 24.0 Å². The molecular formula is C18H24FIN4O2S. The maximum absolute atomic E-state index is 13.8. The molecule has 0 spiro atoms. The molecule has 0 fully saturated rings. The summed E-state index contributed by atoms with van der Waals surface area (Å²) in [6.07, 6.45) is 0.621. The molecule has 0 amide bonds. The number of hydrogen-bond acceptors (Lipinski definition) is 5. The summed E-state index contributed by atoms with van der Waals surface area (Å²) in [5.41, 5.74) is 2.65. The highest BCUT2D eigenvalue weighted by molar-refractivity contribution is 14.0. The molecule has 2 N–H and O–H groups in total. The lowest BCUT2D eigenvalue weighted by Crippen LogP contribution is -2.37. The second-order valence-corrected chi connectivity index (χ2v) is 7.30. The van der Waals surface area contributed by atoms with Gasteiger partial charge in [-0.25, -0.2) is 9.37 Å². The number of hydrogen-bond donors (Lipinski definition) is 2. The van der Waals surface area contributed by atoms with Crippen molar-refractivity contribution in [2.24, 2.45) is 4.99 Å². The molecule has 0 aliphatic carbocycles. The van der Waals surface area contributed by atoms with Crippen molar-refractivity contribution in [2.45, 2.75) is 33.4 Å². The second kappa shape index (κ2) is 10.2. The molecule has 0 bridgehead atoms. The van der Waals surface area contributed by atoms with Crippen LogP contribution < -0.4 is 15.4 Å². The van der Waals surface area contributed by atoms with Crippen molar-refractivity contribution in [3.8, 4) is 5.75 Å². The molecule has 9 heteroatoms. The molecule has 27 heavy (non-hydrogen) atoms. The summed E-state index contributed by atoms with van der Waals surface area (Å²) in [7, 11) is 1.72. The first-order chi connectivity index (χ1) is 12.6. The van der Waals surface area contributed by atoms with Gasteiger partial charge in [-0.05, 0) is 38.0 Å². The van der Waals surface area contributed by atoms with Crippen molar-refractivity contribution in [1.29, 1.82) is 0 Å². The van der Waals surface area contributed by atoms with Gasteiger partial charge in [-0.1, -0.05) is 0 Å². The summed E-state index contributed by atoms with van der Waals surface area (Å²) < 4.78 is 24.5. The summed E-state index contributed by atoms with van der Waals surface area (Å²) in [6.45, 7) is 5.88. The van der Waals surface area contributed by atoms with Crippen molar-refractivity contribution in [1.82, 2.24) is 15.6 Å². The van der Waals surface area contributed by atoms with Gasteiger partial charge in [-0.3, -0.25) is 4.99 Å². The fraction of sp³-hybridized carbons (Fsp3) is 0.444. The summed E-state index contributed by atoms with van der Waals surface area (Å²) >= 11 is 1.68. The molecular weight excluding hydrogens is 482 g/mol. The van der Waals surface area contributed by atoms with Crippen molar-refractivity contribution in [3.05, 3.63) is 44.7 Å². The summed E-state index contributed by atoms with van der Waals surface area (Å²) in [4.78, 5) is 9.95. The van der Waals surface area contributed by atoms with Gasteiger partial charge < -0.3 is 20.1 Å². The Morgan fingerprint density at radius 2 is 2.15 bits per heavy atom. The zero-order valence-electron chi connectivity index (χ0n) is 15.6. The molecule has 2 aromatic rings. The highest BCUT2D eigenvalue weighted by Gasteiger charge is 2.16. The Hall–Kier alpha value is -1.46. The lowest BCUT2D eigenvalue weighted by Gasteiger charge is -2.21. The molecule has 6 nitrogen and oxygen atoms in total. The smallest absolute Gasteiger partial charge is 0.191 e. The van der Waals surface area contributed by atoms with E-state index in [2.05, 4.69) is 27.5 Å². The van der Waals surface area contributed by atoms with Crippen LogP contribution >= 0.6 is 35.3 Å². The first-order valence-electron chi connectivity index (χ1n) is 8.46. The number of fused-ring (bicyclic) bond motifs is 1. The minimum atomic E-state index is -0.273. The van der Waals surface area contributed by atoms with Crippen LogP contribution in [0.5, 0.6) is 5.75 Å². The minimum absolute atomic E-state index is 0. The van der Waals surface area contributed by atoms with E-state index >= 15 is 0 Å². The van der Waals surface area contributed by atoms with E-state index in [0.29, 0.717) is 32.1 Å². The van der Waals surface area contributed by atoms with E-state index in [0.717, 1.165) is 27.6 Å². The third-order valence-electron chi connectivity index (χ3n) is 4.14. The molecule has 1 aliphatic rings. The average Bonchev–Trinajstić information content (AvgIpc) is 2.95. The molecule has 148 valence electrons. The Labute approximate surface area is 179 Å². The van der Waals surface area contributed by atoms with Crippen LogP contribution in [0.4, 0.5) is 4.39 Å². The number of ether oxygens (including phenoxy) is 2. The summed E-state index contributed by atoms with van der Waals surface area (Å²) in [6, 6.07) is 2.98. The van der Waals surface area contributed by atoms with E-state index < -0.39 is 0 Å². The second-order valence-electron chi connectivity index (χ2n) is 6.02. The topological polar surface area (TPSA) is 67.8 Å². The van der Waals surface area contributed by atoms with E-state index in [1.807, 2.05) is 6.92 Å². The number of aromatic nitrogens is 1. The lowest BCUT2D eigenvalue weighted by molar-refractivity contribution is -0.0172. The van der Waals surface area contributed by atoms with Crippen molar-refractivity contribution in [2.75, 3.05) is 20.4 Å². The van der Waals surface area contributed by atoms with Gasteiger partial charge in [0.25, 0.3) is 0 Å². The van der Waals surface area contributed by atoms with Crippen LogP contribution in [0.15, 0.2) is 17.1 Å². The van der Waals surface area contributed by atoms with Crippen molar-refractivity contribution < 1.29 is 13.9 Å². The number of thiazole rings is 1. The van der Waals surface area contributed by atoms with E-state index in [1.165, 1.54) is 17.0 Å². The molecule has 0 atom stereocenters. The minimum Gasteiger partial charge on any atom is -0.467 e. The number of nitrogens with one attached hydrogen (secondary N) is 2. The van der Waals surface area contributed by atoms with E-state index in [1.54, 1.807) is 18.4 Å². The Bertz CT molecular complexity index is 793. The average molecular weight is 506 g/mol. The highest BCUT2D eigenvalue weighted by Crippen LogP contribution is 2.29. The maximum Gasteiger partial charge on any atom is 0.191 e. The number of benzene rings is 1. The predicted octanol–water partition coefficient (Wildman–Crippen LogP) is 3.29. The largest absolute Gasteiger partial charge is 0.467 e. The zero-order chi connectivity index (χ0) is 18.5. The van der Waals surface area contributed by atoms with Crippen LogP contribution in [-0.4, -0.2) is 31.3 Å². The first kappa shape index (κ1) is 21.8. The molecule has 0 radical (unpaired) electrons. The Balaban J connectivity index is 0.00000261. The van der Waals surface area contributed by atoms with Crippen molar-refractivity contribution in [3.63, 3.8) is 0 Å². The molecule has 0 saturated heterocycles. The summed E-state index contributed by atoms with van der Waals surface area (Å²) in [5.74, 6) is 1.14. The Morgan fingerprint density at radius 1 is 1.33 bits per heavy atom. The van der Waals surface area contributed by atoms with Gasteiger partial charge in [0.1, 0.15) is 16.6 Å². The molecule has 1 aromatic heterocycles. The van der Waals surface area contributed by atoms with Gasteiger partial charge in [-0.2, -0.15) is 0 Å². The molecule has 0 unspecified atom stereocenters. The maximum atomic E-state index is 13.8. The SMILES string of the molecule is CN=C(NCCc1cc(F)cc2c1OCOC2)NCc1nc(C)c(C)s1.I. The number of guanidine groups is 1. The van der Waals surface area contributed by atoms with Crippen LogP contribution in [-0.2, 0) is 24.3 Å². The van der Waals surface area contributed by atoms with Crippen molar-refractivity contribution >= 4 is 41.3 Å². The molecule has 2 heterocycles. The van der Waals surface area contributed by atoms with Crippen LogP contribution in [0.2, 0.25) is 0 Å². The standard InChI is InChI=1S/C18H23FN4O2S.HI/c1-11-12(2)26-16(23-11)8-22-18(20-3)21-5-4-13-6-15(19)7-14-9-24-10-25-17(13)14;/h6-7H,4-5,8-10H2,1-3H3,(H2,20,21,22);1H. The monoisotopic (exact) mass is 506 g/mol. The molecule has 3 rings (SSSR count). The van der Waals surface area contributed by atoms with Crippen LogP contribution in [0, 0.1) is 19.7 Å². The number of aryl methyl sites for hydroxylation is 2. The fourth-order valence-electron chi connectivity index (χ4n) is 2.75. The zero-order valence-corrected chi connectivity index (χ0v) is 18.7. The first-order valence-corrected chi connectivity index (χ1v) is 9.27. The van der Waals surface area contributed by atoms with E-state index in [9.17, 15) is 4.39 Å². The highest BCUT2D eigenvalue weighted by atomic mass is 127. The number of aliphatic imine (C=N–C) groups is 1. The lowest BCUT2D eigenvalue weighted by atomic mass is 10.1. The number of nitrogens with zero attached hydrogens (tertiary/aromatic N) is 2. The number of rotatable bonds is 5. The normalized spacial score (nSPS) is 13.4. The Kier molecular flexibility index (Phi) is 8.24. The molecule has 1 aliphatic heterocycles. The van der Waals surface area contributed by atoms with Crippen LogP contribution in [0.3, 0.4) is 0 Å². The van der Waals surface area contributed by atoms with Gasteiger partial charge >= 0.3 is 0 Å². The fourth-order valence-corrected chi connectivity index (χ4v) is 3.63. The predicted molar refractivity (Wildman–Crippen MR) is 116 cm³/mol. The van der Waals surface area contributed by atoms with E-state index in [4.69, 9.17) is 9.47 Å². The van der Waals surface area contributed by atoms with E-state index in [-0.39, 0.29) is 36.6 Å². The third kappa shape index (κ3) is 5.76. The molecule has 0 saturated carbocycles. The summed E-state index contributed by atoms with van der Waals surface area (Å²) in [5, 5.41) is 7.51. The van der Waals surface area contributed by atoms with Crippen LogP contribution in [0.1, 0.15) is 26.7 Å². The Morgan fingerprint density at radius 3 is 2.85 bits per heavy atom. The van der Waals surface area contributed by atoms with Gasteiger partial charge in [-0.15, -0.1) is 35.3 Å². The third-order valence-corrected chi connectivity index (χ3v) is 5.21. The quantitative estimate of drug-likeness (QED) is 0.370.